The zero-order valence-electron chi connectivity index (χ0n) is 13.7. The number of hydrogen-bond acceptors (Lipinski definition) is 5. The van der Waals surface area contributed by atoms with Gasteiger partial charge in [-0.25, -0.2) is 15.0 Å². The van der Waals surface area contributed by atoms with Gasteiger partial charge in [-0.15, -0.1) is 11.3 Å². The molecule has 0 amide bonds. The van der Waals surface area contributed by atoms with Crippen LogP contribution in [0.4, 0.5) is 19.1 Å². The van der Waals surface area contributed by atoms with E-state index in [4.69, 9.17) is 5.73 Å². The van der Waals surface area contributed by atoms with Crippen molar-refractivity contribution < 1.29 is 13.2 Å². The first-order valence-corrected chi connectivity index (χ1v) is 8.69. The van der Waals surface area contributed by atoms with Gasteiger partial charge in [-0.2, -0.15) is 13.2 Å². The summed E-state index contributed by atoms with van der Waals surface area (Å²) < 4.78 is 41.0. The number of halogens is 3. The largest absolute Gasteiger partial charge is 0.416 e. The van der Waals surface area contributed by atoms with Gasteiger partial charge < -0.3 is 5.73 Å². The number of alkyl halides is 3. The predicted molar refractivity (Wildman–Crippen MR) is 98.9 cm³/mol. The Morgan fingerprint density at radius 3 is 2.74 bits per heavy atom. The van der Waals surface area contributed by atoms with Gasteiger partial charge in [0.15, 0.2) is 4.96 Å². The molecule has 0 saturated carbocycles. The molecule has 0 radical (unpaired) electrons. The third kappa shape index (κ3) is 3.41. The molecule has 2 N–H and O–H groups in total. The summed E-state index contributed by atoms with van der Waals surface area (Å²) in [4.78, 5) is 13.1. The van der Waals surface area contributed by atoms with Gasteiger partial charge in [0.2, 0.25) is 5.95 Å². The topological polar surface area (TPSA) is 69.1 Å². The van der Waals surface area contributed by atoms with Gasteiger partial charge in [0, 0.05) is 23.3 Å². The van der Waals surface area contributed by atoms with Gasteiger partial charge in [-0.3, -0.25) is 4.40 Å². The molecule has 0 aliphatic heterocycles. The summed E-state index contributed by atoms with van der Waals surface area (Å²) in [6, 6.07) is 6.82. The van der Waals surface area contributed by atoms with Crippen LogP contribution in [0.5, 0.6) is 0 Å². The van der Waals surface area contributed by atoms with Gasteiger partial charge in [0.05, 0.1) is 22.6 Å². The number of anilines is 1. The van der Waals surface area contributed by atoms with E-state index in [1.54, 1.807) is 24.3 Å². The molecule has 1 aromatic carbocycles. The molecule has 3 aromatic heterocycles. The Bertz CT molecular complexity index is 1140. The summed E-state index contributed by atoms with van der Waals surface area (Å²) in [6.45, 7) is 0. The van der Waals surface area contributed by atoms with Gasteiger partial charge in [-0.1, -0.05) is 12.1 Å². The maximum Gasteiger partial charge on any atom is 0.416 e. The Balaban J connectivity index is 1.83. The molecule has 0 bridgehead atoms. The molecular weight excluding hydrogens is 375 g/mol. The summed E-state index contributed by atoms with van der Waals surface area (Å²) >= 11 is 1.40. The fraction of sp³-hybridized carbons (Fsp3) is 0.0556. The molecule has 0 atom stereocenters. The van der Waals surface area contributed by atoms with E-state index in [1.807, 2.05) is 16.0 Å². The van der Waals surface area contributed by atoms with Crippen LogP contribution in [0.25, 0.3) is 28.4 Å². The average Bonchev–Trinajstić information content (AvgIpc) is 3.21. The fourth-order valence-electron chi connectivity index (χ4n) is 2.66. The molecule has 4 aromatic rings. The molecule has 0 aliphatic rings. The van der Waals surface area contributed by atoms with Crippen LogP contribution >= 0.6 is 11.3 Å². The molecule has 5 nitrogen and oxygen atoms in total. The van der Waals surface area contributed by atoms with Crippen molar-refractivity contribution in [1.82, 2.24) is 19.4 Å². The molecule has 0 aliphatic carbocycles. The highest BCUT2D eigenvalue weighted by Crippen LogP contribution is 2.34. The van der Waals surface area contributed by atoms with E-state index in [-0.39, 0.29) is 5.95 Å². The summed E-state index contributed by atoms with van der Waals surface area (Å²) in [5, 5.41) is 1.86. The zero-order valence-corrected chi connectivity index (χ0v) is 14.5. The third-order valence-corrected chi connectivity index (χ3v) is 4.63. The minimum Gasteiger partial charge on any atom is -0.368 e. The van der Waals surface area contributed by atoms with Crippen molar-refractivity contribution in [2.75, 3.05) is 5.73 Å². The van der Waals surface area contributed by atoms with Crippen molar-refractivity contribution in [3.05, 3.63) is 65.1 Å². The number of aromatic nitrogens is 4. The molecular formula is C18H12F3N5S. The lowest BCUT2D eigenvalue weighted by atomic mass is 10.1. The van der Waals surface area contributed by atoms with Crippen LogP contribution in [0.1, 0.15) is 17.0 Å². The van der Waals surface area contributed by atoms with Gasteiger partial charge in [0.25, 0.3) is 0 Å². The number of rotatable bonds is 3. The van der Waals surface area contributed by atoms with E-state index in [0.29, 0.717) is 27.6 Å². The normalized spacial score (nSPS) is 12.3. The Morgan fingerprint density at radius 1 is 1.11 bits per heavy atom. The Kier molecular flexibility index (Phi) is 4.15. The summed E-state index contributed by atoms with van der Waals surface area (Å²) in [6.07, 6.45) is 2.41. The standard InChI is InChI=1S/C18H12F3N5S/c19-18(20,21)12-3-1-2-11(10-12)15-14(26-8-9-27-17(26)25-15)5-4-13-6-7-23-16(22)24-13/h1-10H,(H2,22,23,24)/b5-4+. The average molecular weight is 387 g/mol. The Morgan fingerprint density at radius 2 is 1.96 bits per heavy atom. The molecule has 9 heteroatoms. The van der Waals surface area contributed by atoms with E-state index in [2.05, 4.69) is 15.0 Å². The van der Waals surface area contributed by atoms with Crippen molar-refractivity contribution in [1.29, 1.82) is 0 Å². The lowest BCUT2D eigenvalue weighted by molar-refractivity contribution is -0.137. The van der Waals surface area contributed by atoms with Crippen LogP contribution in [0.3, 0.4) is 0 Å². The molecule has 0 fully saturated rings. The van der Waals surface area contributed by atoms with Crippen molar-refractivity contribution in [3.8, 4) is 11.3 Å². The number of benzene rings is 1. The van der Waals surface area contributed by atoms with Crippen LogP contribution in [-0.2, 0) is 6.18 Å². The van der Waals surface area contributed by atoms with E-state index in [1.165, 1.54) is 23.6 Å². The highest BCUT2D eigenvalue weighted by atomic mass is 32.1. The highest BCUT2D eigenvalue weighted by molar-refractivity contribution is 7.15. The minimum absolute atomic E-state index is 0.143. The zero-order chi connectivity index (χ0) is 19.0. The Hall–Kier alpha value is -3.20. The van der Waals surface area contributed by atoms with E-state index in [9.17, 15) is 13.2 Å². The second-order valence-corrected chi connectivity index (χ2v) is 6.53. The van der Waals surface area contributed by atoms with E-state index < -0.39 is 11.7 Å². The molecule has 0 unspecified atom stereocenters. The van der Waals surface area contributed by atoms with Crippen LogP contribution in [0.15, 0.2) is 48.1 Å². The summed E-state index contributed by atoms with van der Waals surface area (Å²) in [5.41, 5.74) is 6.96. The van der Waals surface area contributed by atoms with Gasteiger partial charge in [-0.05, 0) is 30.4 Å². The molecule has 136 valence electrons. The molecule has 27 heavy (non-hydrogen) atoms. The monoisotopic (exact) mass is 387 g/mol. The second-order valence-electron chi connectivity index (χ2n) is 5.65. The lowest BCUT2D eigenvalue weighted by Gasteiger charge is -2.08. The van der Waals surface area contributed by atoms with Gasteiger partial charge in [0.1, 0.15) is 0 Å². The Labute approximate surface area is 155 Å². The number of imidazole rings is 1. The fourth-order valence-corrected chi connectivity index (χ4v) is 3.38. The van der Waals surface area contributed by atoms with Crippen LogP contribution in [0, 0.1) is 0 Å². The summed E-state index contributed by atoms with van der Waals surface area (Å²) in [5.74, 6) is 0.143. The van der Waals surface area contributed by atoms with Crippen LogP contribution in [-0.4, -0.2) is 19.4 Å². The number of thiazole rings is 1. The number of fused-ring (bicyclic) bond motifs is 1. The maximum absolute atomic E-state index is 13.1. The molecule has 4 rings (SSSR count). The smallest absolute Gasteiger partial charge is 0.368 e. The summed E-state index contributed by atoms with van der Waals surface area (Å²) in [7, 11) is 0. The van der Waals surface area contributed by atoms with E-state index in [0.717, 1.165) is 12.1 Å². The molecule has 3 heterocycles. The van der Waals surface area contributed by atoms with Crippen molar-refractivity contribution in [2.24, 2.45) is 0 Å². The van der Waals surface area contributed by atoms with Crippen molar-refractivity contribution in [2.45, 2.75) is 6.18 Å². The minimum atomic E-state index is -4.42. The predicted octanol–water partition coefficient (Wildman–Crippen LogP) is 4.62. The first kappa shape index (κ1) is 17.2. The SMILES string of the molecule is Nc1nccc(/C=C/c2c(-c3cccc(C(F)(F)F)c3)nc3sccn23)n1. The second kappa shape index (κ2) is 6.51. The maximum atomic E-state index is 13.1. The van der Waals surface area contributed by atoms with Crippen LogP contribution < -0.4 is 5.73 Å². The molecule has 0 spiro atoms. The van der Waals surface area contributed by atoms with Crippen molar-refractivity contribution >= 4 is 34.4 Å². The number of nitrogens with two attached hydrogens (primary N) is 1. The first-order valence-electron chi connectivity index (χ1n) is 7.81. The highest BCUT2D eigenvalue weighted by Gasteiger charge is 2.30. The number of nitrogens with zero attached hydrogens (tertiary/aromatic N) is 4. The van der Waals surface area contributed by atoms with Crippen molar-refractivity contribution in [3.63, 3.8) is 0 Å². The number of hydrogen-bond donors (Lipinski definition) is 1. The number of nitrogen functional groups attached to an aromatic ring is 1. The molecule has 0 saturated heterocycles. The van der Waals surface area contributed by atoms with Crippen LogP contribution in [0.2, 0.25) is 0 Å². The quantitative estimate of drug-likeness (QED) is 0.557. The van der Waals surface area contributed by atoms with E-state index >= 15 is 0 Å². The third-order valence-electron chi connectivity index (χ3n) is 3.87. The van der Waals surface area contributed by atoms with Gasteiger partial charge >= 0.3 is 6.18 Å². The first-order chi connectivity index (χ1) is 12.9. The lowest BCUT2D eigenvalue weighted by Crippen LogP contribution is -2.04.